The van der Waals surface area contributed by atoms with Crippen LogP contribution in [0.25, 0.3) is 22.4 Å². The highest BCUT2D eigenvalue weighted by molar-refractivity contribution is 5.74. The Bertz CT molecular complexity index is 1900. The first kappa shape index (κ1) is 28.6. The number of nitrogens with one attached hydrogen (secondary N) is 2. The molecule has 0 radical (unpaired) electrons. The summed E-state index contributed by atoms with van der Waals surface area (Å²) >= 11 is 0. The Kier molecular flexibility index (Phi) is 8.18. The minimum Gasteiger partial charge on any atom is -0.459 e. The minimum absolute atomic E-state index is 0.0339. The number of H-pyrrole nitrogens is 1. The lowest BCUT2D eigenvalue weighted by Gasteiger charge is -2.34. The van der Waals surface area contributed by atoms with Gasteiger partial charge in [-0.25, -0.2) is 4.98 Å². The summed E-state index contributed by atoms with van der Waals surface area (Å²) in [6, 6.07) is 31.6. The van der Waals surface area contributed by atoms with Crippen LogP contribution in [0.4, 0.5) is 5.69 Å². The van der Waals surface area contributed by atoms with E-state index in [9.17, 15) is 10.1 Å². The van der Waals surface area contributed by atoms with E-state index < -0.39 is 0 Å². The lowest BCUT2D eigenvalue weighted by molar-refractivity contribution is -0.384. The summed E-state index contributed by atoms with van der Waals surface area (Å²) in [5, 5.41) is 14.8. The topological polar surface area (TPSA) is 113 Å². The molecule has 1 unspecified atom stereocenters. The molecular weight excluding hydrogens is 564 g/mol. The lowest BCUT2D eigenvalue weighted by Crippen LogP contribution is -2.31. The molecule has 3 heterocycles. The average molecular weight is 599 g/mol. The van der Waals surface area contributed by atoms with Crippen LogP contribution in [0.3, 0.4) is 0 Å². The van der Waals surface area contributed by atoms with Crippen molar-refractivity contribution < 1.29 is 9.34 Å². The fourth-order valence-corrected chi connectivity index (χ4v) is 6.28. The third-order valence-corrected chi connectivity index (χ3v) is 8.46. The number of para-hydroxylation sites is 3. The molecule has 6 aromatic rings. The molecule has 0 bridgehead atoms. The number of aromatic nitrogens is 3. The zero-order valence-electron chi connectivity index (χ0n) is 24.9. The smallest absolute Gasteiger partial charge is 0.280 e. The molecule has 0 spiro atoms. The maximum absolute atomic E-state index is 11.4. The molecule has 0 amide bonds. The van der Waals surface area contributed by atoms with Crippen molar-refractivity contribution in [3.8, 4) is 11.3 Å². The summed E-state index contributed by atoms with van der Waals surface area (Å²) in [5.41, 5.74) is 7.48. The molecule has 9 nitrogen and oxygen atoms in total. The Balaban J connectivity index is 1.02. The molecule has 0 saturated heterocycles. The Hall–Kier alpha value is -5.12. The van der Waals surface area contributed by atoms with E-state index in [4.69, 9.17) is 14.4 Å². The summed E-state index contributed by atoms with van der Waals surface area (Å²) in [6.07, 6.45) is 5.20. The van der Waals surface area contributed by atoms with E-state index in [1.807, 2.05) is 36.5 Å². The van der Waals surface area contributed by atoms with E-state index in [-0.39, 0.29) is 16.7 Å². The van der Waals surface area contributed by atoms with Crippen molar-refractivity contribution in [3.63, 3.8) is 0 Å². The molecule has 1 aliphatic carbocycles. The molecule has 2 N–H and O–H groups in total. The van der Waals surface area contributed by atoms with Crippen LogP contribution in [-0.4, -0.2) is 24.8 Å². The first-order valence-electron chi connectivity index (χ1n) is 15.3. The normalized spacial score (nSPS) is 14.6. The largest absolute Gasteiger partial charge is 0.459 e. The lowest BCUT2D eigenvalue weighted by atomic mass is 9.90. The summed E-state index contributed by atoms with van der Waals surface area (Å²) in [4.78, 5) is 26.8. The standard InChI is InChI=1S/C36H34N6O3/c43-42(44)32-12-4-1-9-29(32)34-19-18-28(45-34)22-37-21-25-14-16-26(17-15-25)23-41(24-35-39-30-10-2-3-11-31(30)40-35)33-13-5-7-27-8-6-20-38-36(27)33/h1-4,6,8-12,14-20,33,37H,5,7,13,21-24H2,(H,39,40). The maximum Gasteiger partial charge on any atom is 0.280 e. The number of nitro benzene ring substituents is 1. The van der Waals surface area contributed by atoms with E-state index in [0.717, 1.165) is 54.0 Å². The highest BCUT2D eigenvalue weighted by atomic mass is 16.6. The van der Waals surface area contributed by atoms with Crippen LogP contribution >= 0.6 is 0 Å². The Morgan fingerprint density at radius 3 is 2.60 bits per heavy atom. The summed E-state index contributed by atoms with van der Waals surface area (Å²) < 4.78 is 5.93. The second kappa shape index (κ2) is 12.9. The predicted molar refractivity (Wildman–Crippen MR) is 173 cm³/mol. The molecule has 3 aromatic heterocycles. The summed E-state index contributed by atoms with van der Waals surface area (Å²) in [5.74, 6) is 2.18. The molecule has 0 aliphatic heterocycles. The molecule has 9 heteroatoms. The van der Waals surface area contributed by atoms with Crippen LogP contribution < -0.4 is 5.32 Å². The molecule has 226 valence electrons. The van der Waals surface area contributed by atoms with Gasteiger partial charge < -0.3 is 14.7 Å². The SMILES string of the molecule is O=[N+]([O-])c1ccccc1-c1ccc(CNCc2ccc(CN(Cc3nc4ccccc4[nH]3)C3CCCc4cccnc43)cc2)o1. The third-order valence-electron chi connectivity index (χ3n) is 8.46. The first-order valence-corrected chi connectivity index (χ1v) is 15.3. The van der Waals surface area contributed by atoms with Crippen LogP contribution in [0.5, 0.6) is 0 Å². The van der Waals surface area contributed by atoms with Crippen LogP contribution in [0, 0.1) is 10.1 Å². The fourth-order valence-electron chi connectivity index (χ4n) is 6.28. The third kappa shape index (κ3) is 6.40. The van der Waals surface area contributed by atoms with Crippen molar-refractivity contribution in [3.05, 3.63) is 147 Å². The van der Waals surface area contributed by atoms with Gasteiger partial charge in [0.25, 0.3) is 5.69 Å². The van der Waals surface area contributed by atoms with Crippen molar-refractivity contribution in [2.75, 3.05) is 0 Å². The molecule has 3 aromatic carbocycles. The number of rotatable bonds is 11. The van der Waals surface area contributed by atoms with Gasteiger partial charge >= 0.3 is 0 Å². The summed E-state index contributed by atoms with van der Waals surface area (Å²) in [6.45, 7) is 2.67. The number of imidazole rings is 1. The highest BCUT2D eigenvalue weighted by Gasteiger charge is 2.28. The van der Waals surface area contributed by atoms with Gasteiger partial charge in [-0.1, -0.05) is 54.6 Å². The van der Waals surface area contributed by atoms with E-state index in [2.05, 4.69) is 51.6 Å². The second-order valence-electron chi connectivity index (χ2n) is 11.5. The van der Waals surface area contributed by atoms with Gasteiger partial charge in [0.1, 0.15) is 17.3 Å². The second-order valence-corrected chi connectivity index (χ2v) is 11.5. The number of benzene rings is 3. The van der Waals surface area contributed by atoms with Crippen LogP contribution in [0.2, 0.25) is 0 Å². The number of hydrogen-bond acceptors (Lipinski definition) is 7. The number of furan rings is 1. The number of pyridine rings is 1. The number of nitro groups is 1. The number of aryl methyl sites for hydroxylation is 1. The van der Waals surface area contributed by atoms with Gasteiger partial charge in [0, 0.05) is 25.4 Å². The number of hydrogen-bond donors (Lipinski definition) is 2. The van der Waals surface area contributed by atoms with Crippen molar-refractivity contribution in [1.82, 2.24) is 25.2 Å². The zero-order chi connectivity index (χ0) is 30.6. The molecule has 7 rings (SSSR count). The minimum atomic E-state index is -0.386. The van der Waals surface area contributed by atoms with Gasteiger partial charge in [0.15, 0.2) is 0 Å². The fraction of sp³-hybridized carbons (Fsp3) is 0.222. The molecule has 45 heavy (non-hydrogen) atoms. The van der Waals surface area contributed by atoms with Crippen molar-refractivity contribution in [1.29, 1.82) is 0 Å². The van der Waals surface area contributed by atoms with Crippen molar-refractivity contribution in [2.45, 2.75) is 51.5 Å². The van der Waals surface area contributed by atoms with Gasteiger partial charge in [-0.3, -0.25) is 20.0 Å². The quantitative estimate of drug-likeness (QED) is 0.117. The Morgan fingerprint density at radius 1 is 0.911 bits per heavy atom. The molecule has 1 atom stereocenters. The Labute approximate surface area is 261 Å². The number of aromatic amines is 1. The average Bonchev–Trinajstić information content (AvgIpc) is 3.72. The van der Waals surface area contributed by atoms with E-state index >= 15 is 0 Å². The van der Waals surface area contributed by atoms with Crippen molar-refractivity contribution in [2.24, 2.45) is 0 Å². The van der Waals surface area contributed by atoms with Crippen LogP contribution in [0.15, 0.2) is 108 Å². The zero-order valence-corrected chi connectivity index (χ0v) is 24.9. The Morgan fingerprint density at radius 2 is 1.73 bits per heavy atom. The highest BCUT2D eigenvalue weighted by Crippen LogP contribution is 2.35. The molecular formula is C36H34N6O3. The predicted octanol–water partition coefficient (Wildman–Crippen LogP) is 7.50. The van der Waals surface area contributed by atoms with Crippen LogP contribution in [-0.2, 0) is 32.6 Å². The van der Waals surface area contributed by atoms with Crippen LogP contribution in [0.1, 0.15) is 52.9 Å². The van der Waals surface area contributed by atoms with Gasteiger partial charge in [0.2, 0.25) is 0 Å². The molecule has 0 fully saturated rings. The van der Waals surface area contributed by atoms with Gasteiger partial charge in [-0.2, -0.15) is 0 Å². The first-order chi connectivity index (χ1) is 22.1. The monoisotopic (exact) mass is 598 g/mol. The maximum atomic E-state index is 11.4. The van der Waals surface area contributed by atoms with Gasteiger partial charge in [0.05, 0.1) is 46.3 Å². The number of fused-ring (bicyclic) bond motifs is 2. The van der Waals surface area contributed by atoms with E-state index in [1.165, 1.54) is 22.9 Å². The molecule has 0 saturated carbocycles. The van der Waals surface area contributed by atoms with E-state index in [1.54, 1.807) is 24.3 Å². The van der Waals surface area contributed by atoms with Gasteiger partial charge in [-0.15, -0.1) is 0 Å². The number of nitrogens with zero attached hydrogens (tertiary/aromatic N) is 4. The molecule has 1 aliphatic rings. The van der Waals surface area contributed by atoms with E-state index in [0.29, 0.717) is 31.0 Å². The summed E-state index contributed by atoms with van der Waals surface area (Å²) in [7, 11) is 0. The van der Waals surface area contributed by atoms with Gasteiger partial charge in [-0.05, 0) is 72.4 Å². The van der Waals surface area contributed by atoms with Crippen molar-refractivity contribution >= 4 is 16.7 Å².